The van der Waals surface area contributed by atoms with Gasteiger partial charge in [-0.2, -0.15) is 0 Å². The van der Waals surface area contributed by atoms with Gasteiger partial charge in [0.2, 0.25) is 0 Å². The van der Waals surface area contributed by atoms with Crippen LogP contribution in [0.5, 0.6) is 0 Å². The summed E-state index contributed by atoms with van der Waals surface area (Å²) in [6.07, 6.45) is 1.52. The molecule has 0 bridgehead atoms. The van der Waals surface area contributed by atoms with Crippen LogP contribution in [0.1, 0.15) is 29.4 Å². The van der Waals surface area contributed by atoms with Gasteiger partial charge in [-0.05, 0) is 31.3 Å². The summed E-state index contributed by atoms with van der Waals surface area (Å²) in [5.74, 6) is 0.231. The molecular weight excluding hydrogens is 262 g/mol. The summed E-state index contributed by atoms with van der Waals surface area (Å²) in [7, 11) is 0. The molecule has 2 unspecified atom stereocenters. The van der Waals surface area contributed by atoms with Crippen molar-refractivity contribution in [3.63, 3.8) is 0 Å². The molecule has 0 amide bonds. The van der Waals surface area contributed by atoms with Crippen molar-refractivity contribution in [2.75, 3.05) is 26.2 Å². The van der Waals surface area contributed by atoms with Crippen molar-refractivity contribution < 1.29 is 14.6 Å². The van der Waals surface area contributed by atoms with Crippen LogP contribution in [-0.4, -0.2) is 54.2 Å². The molecule has 0 radical (unpaired) electrons. The topological polar surface area (TPSA) is 49.8 Å². The third kappa shape index (κ3) is 4.38. The second kappa shape index (κ2) is 7.14. The maximum Gasteiger partial charge on any atom is 0.172 e. The molecule has 1 aliphatic rings. The third-order valence-electron chi connectivity index (χ3n) is 3.28. The van der Waals surface area contributed by atoms with Crippen LogP contribution in [0.2, 0.25) is 0 Å². The summed E-state index contributed by atoms with van der Waals surface area (Å²) in [6, 6.07) is 3.79. The summed E-state index contributed by atoms with van der Waals surface area (Å²) in [5, 5.41) is 11.1. The minimum atomic E-state index is -0.0863. The molecule has 1 aliphatic heterocycles. The van der Waals surface area contributed by atoms with Crippen molar-refractivity contribution >= 4 is 17.1 Å². The highest BCUT2D eigenvalue weighted by molar-refractivity contribution is 7.12. The van der Waals surface area contributed by atoms with Crippen molar-refractivity contribution in [2.45, 2.75) is 32.0 Å². The fourth-order valence-corrected chi connectivity index (χ4v) is 3.14. The fraction of sp³-hybridized carbons (Fsp3) is 0.643. The van der Waals surface area contributed by atoms with E-state index in [2.05, 4.69) is 4.90 Å². The minimum Gasteiger partial charge on any atom is -0.394 e. The fourth-order valence-electron chi connectivity index (χ4n) is 2.45. The average Bonchev–Trinajstić information content (AvgIpc) is 2.92. The van der Waals surface area contributed by atoms with Gasteiger partial charge in [-0.25, -0.2) is 0 Å². The second-order valence-corrected chi connectivity index (χ2v) is 5.96. The van der Waals surface area contributed by atoms with Crippen LogP contribution < -0.4 is 0 Å². The number of thiophene rings is 1. The molecule has 1 aromatic rings. The lowest BCUT2D eigenvalue weighted by molar-refractivity contribution is -0.0951. The Morgan fingerprint density at radius 3 is 3.11 bits per heavy atom. The summed E-state index contributed by atoms with van der Waals surface area (Å²) < 4.78 is 5.60. The first-order valence-corrected chi connectivity index (χ1v) is 7.62. The summed E-state index contributed by atoms with van der Waals surface area (Å²) >= 11 is 1.51. The molecule has 0 saturated carbocycles. The van der Waals surface area contributed by atoms with Crippen molar-refractivity contribution in [1.82, 2.24) is 4.90 Å². The molecular formula is C14H21NO3S. The zero-order valence-corrected chi connectivity index (χ0v) is 12.1. The predicted octanol–water partition coefficient (Wildman–Crippen LogP) is 1.79. The Hall–Kier alpha value is -0.750. The molecule has 1 saturated heterocycles. The van der Waals surface area contributed by atoms with Gasteiger partial charge in [0.25, 0.3) is 0 Å². The maximum atomic E-state index is 11.9. The van der Waals surface area contributed by atoms with Crippen LogP contribution in [0.15, 0.2) is 17.5 Å². The van der Waals surface area contributed by atoms with Gasteiger partial charge in [0, 0.05) is 19.5 Å². The lowest BCUT2D eigenvalue weighted by Crippen LogP contribution is -2.48. The first kappa shape index (κ1) is 14.7. The van der Waals surface area contributed by atoms with Gasteiger partial charge in [0.15, 0.2) is 5.78 Å². The SMILES string of the molecule is CC1CN(CCCC(=O)c2cccs2)CC(CO)O1. The molecule has 106 valence electrons. The summed E-state index contributed by atoms with van der Waals surface area (Å²) in [5.41, 5.74) is 0. The number of carbonyl (C=O) groups is 1. The smallest absolute Gasteiger partial charge is 0.172 e. The van der Waals surface area contributed by atoms with Gasteiger partial charge < -0.3 is 9.84 Å². The number of Topliss-reactive ketones (excluding diaryl/α,β-unsaturated/α-hetero) is 1. The van der Waals surface area contributed by atoms with Gasteiger partial charge >= 0.3 is 0 Å². The van der Waals surface area contributed by atoms with E-state index in [1.54, 1.807) is 0 Å². The van der Waals surface area contributed by atoms with E-state index in [-0.39, 0.29) is 24.6 Å². The molecule has 1 fully saturated rings. The maximum absolute atomic E-state index is 11.9. The summed E-state index contributed by atoms with van der Waals surface area (Å²) in [6.45, 7) is 4.61. The number of carbonyl (C=O) groups excluding carboxylic acids is 1. The highest BCUT2D eigenvalue weighted by atomic mass is 32.1. The Morgan fingerprint density at radius 1 is 1.58 bits per heavy atom. The molecule has 0 aliphatic carbocycles. The molecule has 0 spiro atoms. The Bertz CT molecular complexity index is 393. The molecule has 1 N–H and O–H groups in total. The number of rotatable bonds is 6. The lowest BCUT2D eigenvalue weighted by Gasteiger charge is -2.36. The zero-order chi connectivity index (χ0) is 13.7. The van der Waals surface area contributed by atoms with E-state index >= 15 is 0 Å². The zero-order valence-electron chi connectivity index (χ0n) is 11.2. The molecule has 19 heavy (non-hydrogen) atoms. The van der Waals surface area contributed by atoms with E-state index in [0.29, 0.717) is 6.42 Å². The molecule has 2 heterocycles. The van der Waals surface area contributed by atoms with Gasteiger partial charge in [0.1, 0.15) is 0 Å². The van der Waals surface area contributed by atoms with Crippen LogP contribution in [-0.2, 0) is 4.74 Å². The second-order valence-electron chi connectivity index (χ2n) is 5.01. The number of ketones is 1. The van der Waals surface area contributed by atoms with Crippen LogP contribution >= 0.6 is 11.3 Å². The average molecular weight is 283 g/mol. The molecule has 2 atom stereocenters. The molecule has 5 heteroatoms. The van der Waals surface area contributed by atoms with Crippen molar-refractivity contribution in [1.29, 1.82) is 0 Å². The van der Waals surface area contributed by atoms with Gasteiger partial charge in [-0.3, -0.25) is 9.69 Å². The van der Waals surface area contributed by atoms with Gasteiger partial charge in [-0.15, -0.1) is 11.3 Å². The molecule has 4 nitrogen and oxygen atoms in total. The van der Waals surface area contributed by atoms with Gasteiger partial charge in [-0.1, -0.05) is 6.07 Å². The Labute approximate surface area is 118 Å². The van der Waals surface area contributed by atoms with E-state index < -0.39 is 0 Å². The molecule has 2 rings (SSSR count). The van der Waals surface area contributed by atoms with E-state index in [4.69, 9.17) is 9.84 Å². The van der Waals surface area contributed by atoms with Crippen molar-refractivity contribution in [3.8, 4) is 0 Å². The predicted molar refractivity (Wildman–Crippen MR) is 75.7 cm³/mol. The Morgan fingerprint density at radius 2 is 2.42 bits per heavy atom. The van der Waals surface area contributed by atoms with Gasteiger partial charge in [0.05, 0.1) is 23.7 Å². The van der Waals surface area contributed by atoms with E-state index in [0.717, 1.165) is 30.9 Å². The number of ether oxygens (including phenoxy) is 1. The van der Waals surface area contributed by atoms with Crippen LogP contribution in [0.4, 0.5) is 0 Å². The van der Waals surface area contributed by atoms with Crippen LogP contribution in [0, 0.1) is 0 Å². The minimum absolute atomic E-state index is 0.0645. The lowest BCUT2D eigenvalue weighted by atomic mass is 10.1. The van der Waals surface area contributed by atoms with E-state index in [1.807, 2.05) is 24.4 Å². The number of aliphatic hydroxyl groups excluding tert-OH is 1. The van der Waals surface area contributed by atoms with Crippen LogP contribution in [0.25, 0.3) is 0 Å². The standard InChI is InChI=1S/C14H21NO3S/c1-11-8-15(9-12(10-16)18-11)6-2-4-13(17)14-5-3-7-19-14/h3,5,7,11-12,16H,2,4,6,8-10H2,1H3. The highest BCUT2D eigenvalue weighted by Gasteiger charge is 2.24. The largest absolute Gasteiger partial charge is 0.394 e. The first-order valence-electron chi connectivity index (χ1n) is 6.74. The van der Waals surface area contributed by atoms with Crippen LogP contribution in [0.3, 0.4) is 0 Å². The number of hydrogen-bond acceptors (Lipinski definition) is 5. The summed E-state index contributed by atoms with van der Waals surface area (Å²) in [4.78, 5) is 15.0. The van der Waals surface area contributed by atoms with Crippen molar-refractivity contribution in [3.05, 3.63) is 22.4 Å². The number of nitrogens with zero attached hydrogens (tertiary/aromatic N) is 1. The number of hydrogen-bond donors (Lipinski definition) is 1. The number of aliphatic hydroxyl groups is 1. The Balaban J connectivity index is 1.72. The normalized spacial score (nSPS) is 24.5. The number of morpholine rings is 1. The van der Waals surface area contributed by atoms with E-state index in [1.165, 1.54) is 11.3 Å². The van der Waals surface area contributed by atoms with E-state index in [9.17, 15) is 4.79 Å². The highest BCUT2D eigenvalue weighted by Crippen LogP contribution is 2.14. The molecule has 0 aromatic carbocycles. The monoisotopic (exact) mass is 283 g/mol. The Kier molecular flexibility index (Phi) is 5.51. The third-order valence-corrected chi connectivity index (χ3v) is 4.19. The quantitative estimate of drug-likeness (QED) is 0.809. The van der Waals surface area contributed by atoms with Crippen molar-refractivity contribution in [2.24, 2.45) is 0 Å². The first-order chi connectivity index (χ1) is 9.19. The molecule has 1 aromatic heterocycles.